The molecular weight excluding hydrogens is 256 g/mol. The molecular formula is C15H18N2O3. The standard InChI is InChI=1S/C15H18N2O3/c1-3-7-20-14-9-16-12(8-13(14)18)10-17-6-4-5-11(2)15(17)19/h4-6,8-9H,3,7,10H2,1-2H3,(H,16,18). The summed E-state index contributed by atoms with van der Waals surface area (Å²) in [6.45, 7) is 4.60. The smallest absolute Gasteiger partial charge is 0.253 e. The van der Waals surface area contributed by atoms with Crippen LogP contribution in [0.4, 0.5) is 0 Å². The molecule has 0 aliphatic rings. The molecule has 0 spiro atoms. The number of rotatable bonds is 5. The summed E-state index contributed by atoms with van der Waals surface area (Å²) < 4.78 is 6.88. The molecule has 0 saturated carbocycles. The number of aryl methyl sites for hydroxylation is 1. The van der Waals surface area contributed by atoms with Crippen LogP contribution < -0.4 is 15.7 Å². The third-order valence-electron chi connectivity index (χ3n) is 2.95. The number of aromatic nitrogens is 2. The highest BCUT2D eigenvalue weighted by molar-refractivity contribution is 5.21. The fraction of sp³-hybridized carbons (Fsp3) is 0.333. The molecule has 0 radical (unpaired) electrons. The Morgan fingerprint density at radius 3 is 2.85 bits per heavy atom. The highest BCUT2D eigenvalue weighted by atomic mass is 16.5. The van der Waals surface area contributed by atoms with Crippen LogP contribution in [0.25, 0.3) is 0 Å². The Morgan fingerprint density at radius 2 is 2.15 bits per heavy atom. The summed E-state index contributed by atoms with van der Waals surface area (Å²) >= 11 is 0. The highest BCUT2D eigenvalue weighted by Gasteiger charge is 2.04. The Kier molecular flexibility index (Phi) is 4.40. The van der Waals surface area contributed by atoms with Gasteiger partial charge in [0.25, 0.3) is 5.56 Å². The molecule has 2 heterocycles. The maximum atomic E-state index is 11.9. The molecule has 0 aromatic carbocycles. The van der Waals surface area contributed by atoms with Gasteiger partial charge in [-0.15, -0.1) is 0 Å². The Morgan fingerprint density at radius 1 is 1.35 bits per heavy atom. The second-order valence-corrected chi connectivity index (χ2v) is 4.66. The first kappa shape index (κ1) is 14.1. The molecule has 2 aromatic heterocycles. The molecule has 1 N–H and O–H groups in total. The molecule has 2 aromatic rings. The summed E-state index contributed by atoms with van der Waals surface area (Å²) in [7, 11) is 0. The van der Waals surface area contributed by atoms with Crippen LogP contribution in [0.15, 0.2) is 40.2 Å². The number of hydrogen-bond acceptors (Lipinski definition) is 3. The number of nitrogens with one attached hydrogen (secondary N) is 1. The van der Waals surface area contributed by atoms with Gasteiger partial charge in [0.15, 0.2) is 5.75 Å². The third kappa shape index (κ3) is 3.17. The SMILES string of the molecule is CCCOc1c[nH]c(Cn2cccc(C)c2=O)cc1=O. The van der Waals surface area contributed by atoms with Crippen LogP contribution in [0.3, 0.4) is 0 Å². The van der Waals surface area contributed by atoms with Crippen molar-refractivity contribution in [3.63, 3.8) is 0 Å². The molecule has 0 fully saturated rings. The van der Waals surface area contributed by atoms with Crippen LogP contribution in [0.2, 0.25) is 0 Å². The molecule has 0 unspecified atom stereocenters. The van der Waals surface area contributed by atoms with Crippen molar-refractivity contribution in [1.82, 2.24) is 9.55 Å². The zero-order chi connectivity index (χ0) is 14.5. The summed E-state index contributed by atoms with van der Waals surface area (Å²) in [5.74, 6) is 0.312. The van der Waals surface area contributed by atoms with Crippen LogP contribution in [0.5, 0.6) is 5.75 Å². The average Bonchev–Trinajstić information content (AvgIpc) is 2.43. The van der Waals surface area contributed by atoms with Crippen LogP contribution in [-0.4, -0.2) is 16.2 Å². The van der Waals surface area contributed by atoms with Gasteiger partial charge in [0.2, 0.25) is 5.43 Å². The van der Waals surface area contributed by atoms with E-state index in [0.29, 0.717) is 30.2 Å². The molecule has 0 amide bonds. The molecule has 20 heavy (non-hydrogen) atoms. The van der Waals surface area contributed by atoms with Gasteiger partial charge >= 0.3 is 0 Å². The lowest BCUT2D eigenvalue weighted by molar-refractivity contribution is 0.313. The summed E-state index contributed by atoms with van der Waals surface area (Å²) in [6.07, 6.45) is 4.10. The van der Waals surface area contributed by atoms with E-state index in [1.165, 1.54) is 6.07 Å². The zero-order valence-corrected chi connectivity index (χ0v) is 11.7. The van der Waals surface area contributed by atoms with Crippen molar-refractivity contribution in [2.75, 3.05) is 6.61 Å². The maximum Gasteiger partial charge on any atom is 0.253 e. The number of aromatic amines is 1. The Bertz CT molecular complexity index is 701. The van der Waals surface area contributed by atoms with Crippen molar-refractivity contribution >= 4 is 0 Å². The van der Waals surface area contributed by atoms with Crippen molar-refractivity contribution < 1.29 is 4.74 Å². The first-order chi connectivity index (χ1) is 9.61. The number of nitrogens with zero attached hydrogens (tertiary/aromatic N) is 1. The number of ether oxygens (including phenoxy) is 1. The Labute approximate surface area is 116 Å². The summed E-state index contributed by atoms with van der Waals surface area (Å²) in [5, 5.41) is 0. The van der Waals surface area contributed by atoms with Gasteiger partial charge in [0.1, 0.15) is 0 Å². The van der Waals surface area contributed by atoms with E-state index in [-0.39, 0.29) is 11.0 Å². The van der Waals surface area contributed by atoms with Crippen molar-refractivity contribution in [2.45, 2.75) is 26.8 Å². The lowest BCUT2D eigenvalue weighted by Gasteiger charge is -2.08. The quantitative estimate of drug-likeness (QED) is 0.902. The first-order valence-electron chi connectivity index (χ1n) is 6.62. The highest BCUT2D eigenvalue weighted by Crippen LogP contribution is 2.03. The normalized spacial score (nSPS) is 10.5. The van der Waals surface area contributed by atoms with Gasteiger partial charge < -0.3 is 14.3 Å². The van der Waals surface area contributed by atoms with E-state index in [0.717, 1.165) is 6.42 Å². The molecule has 0 bridgehead atoms. The van der Waals surface area contributed by atoms with E-state index in [1.807, 2.05) is 13.0 Å². The number of hydrogen-bond donors (Lipinski definition) is 1. The van der Waals surface area contributed by atoms with E-state index in [9.17, 15) is 9.59 Å². The lowest BCUT2D eigenvalue weighted by Crippen LogP contribution is -2.22. The second kappa shape index (κ2) is 6.23. The monoisotopic (exact) mass is 274 g/mol. The van der Waals surface area contributed by atoms with Gasteiger partial charge in [0, 0.05) is 29.7 Å². The van der Waals surface area contributed by atoms with Gasteiger partial charge in [-0.1, -0.05) is 13.0 Å². The molecule has 0 aliphatic heterocycles. The first-order valence-corrected chi connectivity index (χ1v) is 6.62. The fourth-order valence-corrected chi connectivity index (χ4v) is 1.88. The Balaban J connectivity index is 2.22. The van der Waals surface area contributed by atoms with E-state index in [2.05, 4.69) is 4.98 Å². The van der Waals surface area contributed by atoms with Crippen molar-refractivity contribution in [3.05, 3.63) is 62.4 Å². The van der Waals surface area contributed by atoms with E-state index in [4.69, 9.17) is 4.74 Å². The molecule has 2 rings (SSSR count). The van der Waals surface area contributed by atoms with Crippen LogP contribution >= 0.6 is 0 Å². The minimum Gasteiger partial charge on any atom is -0.488 e. The maximum absolute atomic E-state index is 11.9. The second-order valence-electron chi connectivity index (χ2n) is 4.66. The van der Waals surface area contributed by atoms with Gasteiger partial charge in [-0.25, -0.2) is 0 Å². The Hall–Kier alpha value is -2.30. The zero-order valence-electron chi connectivity index (χ0n) is 11.7. The molecule has 5 nitrogen and oxygen atoms in total. The average molecular weight is 274 g/mol. The fourth-order valence-electron chi connectivity index (χ4n) is 1.88. The largest absolute Gasteiger partial charge is 0.488 e. The molecule has 0 atom stereocenters. The van der Waals surface area contributed by atoms with Gasteiger partial charge in [-0.2, -0.15) is 0 Å². The van der Waals surface area contributed by atoms with Crippen molar-refractivity contribution in [2.24, 2.45) is 0 Å². The summed E-state index contributed by atoms with van der Waals surface area (Å²) in [6, 6.07) is 5.05. The molecule has 0 saturated heterocycles. The molecule has 5 heteroatoms. The third-order valence-corrected chi connectivity index (χ3v) is 2.95. The lowest BCUT2D eigenvalue weighted by atomic mass is 10.3. The van der Waals surface area contributed by atoms with E-state index < -0.39 is 0 Å². The van der Waals surface area contributed by atoms with Crippen molar-refractivity contribution in [3.8, 4) is 5.75 Å². The number of H-pyrrole nitrogens is 1. The number of pyridine rings is 2. The van der Waals surface area contributed by atoms with Gasteiger partial charge in [-0.05, 0) is 19.4 Å². The van der Waals surface area contributed by atoms with Crippen LogP contribution in [0, 0.1) is 6.92 Å². The molecule has 0 aliphatic carbocycles. The minimum atomic E-state index is -0.173. The summed E-state index contributed by atoms with van der Waals surface area (Å²) in [5.41, 5.74) is 1.12. The minimum absolute atomic E-state index is 0.0559. The van der Waals surface area contributed by atoms with E-state index >= 15 is 0 Å². The van der Waals surface area contributed by atoms with Crippen molar-refractivity contribution in [1.29, 1.82) is 0 Å². The molecule has 106 valence electrons. The summed E-state index contributed by atoms with van der Waals surface area (Å²) in [4.78, 5) is 26.8. The van der Waals surface area contributed by atoms with Gasteiger partial charge in [-0.3, -0.25) is 9.59 Å². The topological polar surface area (TPSA) is 64.1 Å². The van der Waals surface area contributed by atoms with Gasteiger partial charge in [0.05, 0.1) is 13.2 Å². The predicted molar refractivity (Wildman–Crippen MR) is 77.4 cm³/mol. The van der Waals surface area contributed by atoms with Crippen LogP contribution in [0.1, 0.15) is 24.6 Å². The van der Waals surface area contributed by atoms with Crippen LogP contribution in [-0.2, 0) is 6.54 Å². The van der Waals surface area contributed by atoms with E-state index in [1.54, 1.807) is 30.0 Å². The predicted octanol–water partition coefficient (Wildman–Crippen LogP) is 1.68.